The van der Waals surface area contributed by atoms with E-state index in [9.17, 15) is 9.59 Å². The number of fused-ring (bicyclic) bond motifs is 1. The van der Waals surface area contributed by atoms with E-state index in [-0.39, 0.29) is 24.4 Å². The van der Waals surface area contributed by atoms with Gasteiger partial charge in [-0.3, -0.25) is 9.63 Å². The van der Waals surface area contributed by atoms with Gasteiger partial charge in [0.25, 0.3) is 0 Å². The zero-order valence-corrected chi connectivity index (χ0v) is 23.6. The zero-order chi connectivity index (χ0) is 28.7. The predicted octanol–water partition coefficient (Wildman–Crippen LogP) is 5.78. The minimum absolute atomic E-state index is 0.0420. The quantitative estimate of drug-likeness (QED) is 0.284. The molecule has 6 atom stereocenters. The number of esters is 1. The Labute approximate surface area is 246 Å². The number of benzene rings is 3. The third kappa shape index (κ3) is 6.97. The predicted molar refractivity (Wildman–Crippen MR) is 154 cm³/mol. The van der Waals surface area contributed by atoms with Crippen LogP contribution in [0.15, 0.2) is 91.0 Å². The van der Waals surface area contributed by atoms with E-state index in [0.29, 0.717) is 25.0 Å². The van der Waals surface area contributed by atoms with Crippen molar-refractivity contribution in [3.05, 3.63) is 108 Å². The first kappa shape index (κ1) is 28.7. The lowest BCUT2D eigenvalue weighted by Crippen LogP contribution is -2.51. The molecule has 2 saturated heterocycles. The highest BCUT2D eigenvalue weighted by Crippen LogP contribution is 2.39. The summed E-state index contributed by atoms with van der Waals surface area (Å²) in [7, 11) is 0. The number of ketones is 1. The molecule has 8 nitrogen and oxygen atoms in total. The number of hydrogen-bond acceptors (Lipinski definition) is 8. The van der Waals surface area contributed by atoms with E-state index in [0.717, 1.165) is 31.2 Å². The van der Waals surface area contributed by atoms with E-state index in [1.54, 1.807) is 24.3 Å². The summed E-state index contributed by atoms with van der Waals surface area (Å²) >= 11 is 0. The molecule has 1 aliphatic carbocycles. The number of carbonyl (C=O) groups excluding carboxylic acids is 2. The Balaban J connectivity index is 1.14. The maximum absolute atomic E-state index is 13.1. The average molecular weight is 572 g/mol. The summed E-state index contributed by atoms with van der Waals surface area (Å²) in [5, 5.41) is 1.33. The van der Waals surface area contributed by atoms with Gasteiger partial charge in [-0.25, -0.2) is 9.63 Å². The molecule has 0 unspecified atom stereocenters. The van der Waals surface area contributed by atoms with Gasteiger partial charge in [-0.2, -0.15) is 0 Å². The highest BCUT2D eigenvalue weighted by molar-refractivity contribution is 5.89. The van der Waals surface area contributed by atoms with Crippen molar-refractivity contribution >= 4 is 11.8 Å². The van der Waals surface area contributed by atoms with Gasteiger partial charge in [-0.05, 0) is 36.1 Å². The van der Waals surface area contributed by atoms with Gasteiger partial charge in [-0.1, -0.05) is 96.9 Å². The number of carbonyl (C=O) groups is 2. The summed E-state index contributed by atoms with van der Waals surface area (Å²) in [6, 6.07) is 28.6. The Morgan fingerprint density at radius 3 is 2.24 bits per heavy atom. The second-order valence-electron chi connectivity index (χ2n) is 11.2. The highest BCUT2D eigenvalue weighted by atomic mass is 17.0. The first-order valence-corrected chi connectivity index (χ1v) is 14.9. The van der Waals surface area contributed by atoms with Crippen molar-refractivity contribution in [3.63, 3.8) is 0 Å². The lowest BCUT2D eigenvalue weighted by Gasteiger charge is -2.41. The molecule has 2 heterocycles. The molecule has 0 amide bonds. The smallest absolute Gasteiger partial charge is 0.338 e. The van der Waals surface area contributed by atoms with Crippen molar-refractivity contribution < 1.29 is 33.5 Å². The Bertz CT molecular complexity index is 1310. The standard InChI is InChI=1S/C34H37NO7/c36-29(23-38-22-24-12-4-1-5-13-24)32-20-28-31(40-34(37)26-16-8-3-9-17-26)21-33(42-35(28)41-32)39-30-19-11-10-18-27(30)25-14-6-2-7-15-25/h1-9,12-17,27-28,30-33H,10-11,18-23H2/t27-,28+,30+,31-,32+,33-/m1/s1. The summed E-state index contributed by atoms with van der Waals surface area (Å²) in [5.41, 5.74) is 2.70. The Hall–Kier alpha value is -3.40. The van der Waals surface area contributed by atoms with Gasteiger partial charge in [-0.15, -0.1) is 0 Å². The molecule has 3 fully saturated rings. The van der Waals surface area contributed by atoms with Crippen LogP contribution in [0.2, 0.25) is 0 Å². The SMILES string of the molecule is O=C(O[C@@H]1C[C@H](O[C@H]2CCCC[C@@H]2c2ccccc2)ON2O[C@H](C(=O)COCc3ccccc3)C[C@@H]12)c1ccccc1. The molecule has 220 valence electrons. The van der Waals surface area contributed by atoms with E-state index >= 15 is 0 Å². The van der Waals surface area contributed by atoms with Crippen LogP contribution < -0.4 is 0 Å². The number of rotatable bonds is 10. The fourth-order valence-electron chi connectivity index (χ4n) is 6.10. The van der Waals surface area contributed by atoms with E-state index in [1.165, 1.54) is 10.8 Å². The number of hydrogen-bond donors (Lipinski definition) is 0. The van der Waals surface area contributed by atoms with Crippen molar-refractivity contribution in [2.45, 2.75) is 81.7 Å². The molecule has 3 aromatic carbocycles. The van der Waals surface area contributed by atoms with Crippen LogP contribution in [-0.2, 0) is 35.3 Å². The average Bonchev–Trinajstić information content (AvgIpc) is 3.47. The second kappa shape index (κ2) is 13.7. The number of nitrogens with zero attached hydrogens (tertiary/aromatic N) is 1. The first-order valence-electron chi connectivity index (χ1n) is 14.9. The number of hydroxylamine groups is 2. The molecule has 0 N–H and O–H groups in total. The Morgan fingerprint density at radius 1 is 0.786 bits per heavy atom. The summed E-state index contributed by atoms with van der Waals surface area (Å²) in [6.07, 6.45) is 2.76. The van der Waals surface area contributed by atoms with Gasteiger partial charge in [0.05, 0.1) is 18.3 Å². The molecule has 3 aliphatic rings. The van der Waals surface area contributed by atoms with Crippen LogP contribution in [-0.4, -0.2) is 54.2 Å². The molecule has 42 heavy (non-hydrogen) atoms. The second-order valence-corrected chi connectivity index (χ2v) is 11.2. The minimum Gasteiger partial charge on any atom is -0.457 e. The fraction of sp³-hybridized carbons (Fsp3) is 0.412. The summed E-state index contributed by atoms with van der Waals surface area (Å²) in [5.74, 6) is -0.366. The first-order chi connectivity index (χ1) is 20.6. The van der Waals surface area contributed by atoms with Crippen LogP contribution in [0, 0.1) is 0 Å². The number of Topliss-reactive ketones (excluding diaryl/α,β-unsaturated/α-hetero) is 1. The van der Waals surface area contributed by atoms with Crippen molar-refractivity contribution in [1.29, 1.82) is 0 Å². The molecule has 0 bridgehead atoms. The lowest BCUT2D eigenvalue weighted by atomic mass is 9.81. The van der Waals surface area contributed by atoms with Crippen molar-refractivity contribution in [1.82, 2.24) is 5.23 Å². The fourth-order valence-corrected chi connectivity index (χ4v) is 6.10. The summed E-state index contributed by atoms with van der Waals surface area (Å²) in [4.78, 5) is 38.3. The number of ether oxygens (including phenoxy) is 3. The maximum Gasteiger partial charge on any atom is 0.338 e. The van der Waals surface area contributed by atoms with Crippen LogP contribution in [0.1, 0.15) is 65.9 Å². The van der Waals surface area contributed by atoms with Crippen molar-refractivity contribution in [3.8, 4) is 0 Å². The van der Waals surface area contributed by atoms with E-state index < -0.39 is 30.5 Å². The van der Waals surface area contributed by atoms with E-state index in [1.807, 2.05) is 42.5 Å². The lowest BCUT2D eigenvalue weighted by molar-refractivity contribution is -0.446. The van der Waals surface area contributed by atoms with Crippen molar-refractivity contribution in [2.24, 2.45) is 0 Å². The van der Waals surface area contributed by atoms with Crippen LogP contribution >= 0.6 is 0 Å². The molecule has 0 aromatic heterocycles. The zero-order valence-electron chi connectivity index (χ0n) is 23.6. The van der Waals surface area contributed by atoms with Crippen LogP contribution in [0.4, 0.5) is 0 Å². The molecule has 0 radical (unpaired) electrons. The van der Waals surface area contributed by atoms with Crippen LogP contribution in [0.3, 0.4) is 0 Å². The summed E-state index contributed by atoms with van der Waals surface area (Å²) < 4.78 is 18.3. The van der Waals surface area contributed by atoms with Gasteiger partial charge in [0.1, 0.15) is 24.9 Å². The van der Waals surface area contributed by atoms with Gasteiger partial charge in [0.15, 0.2) is 12.1 Å². The van der Waals surface area contributed by atoms with Gasteiger partial charge >= 0.3 is 5.97 Å². The molecule has 3 aromatic rings. The molecular weight excluding hydrogens is 534 g/mol. The maximum atomic E-state index is 13.1. The third-order valence-corrected chi connectivity index (χ3v) is 8.27. The van der Waals surface area contributed by atoms with Gasteiger partial charge in [0, 0.05) is 18.8 Å². The largest absolute Gasteiger partial charge is 0.457 e. The van der Waals surface area contributed by atoms with Gasteiger partial charge in [0.2, 0.25) is 0 Å². The van der Waals surface area contributed by atoms with Gasteiger partial charge < -0.3 is 14.2 Å². The molecule has 0 spiro atoms. The minimum atomic E-state index is -0.769. The Kier molecular flexibility index (Phi) is 9.37. The molecule has 6 rings (SSSR count). The molecular formula is C34H37NO7. The topological polar surface area (TPSA) is 83.5 Å². The van der Waals surface area contributed by atoms with Crippen LogP contribution in [0.5, 0.6) is 0 Å². The summed E-state index contributed by atoms with van der Waals surface area (Å²) in [6.45, 7) is 0.246. The van der Waals surface area contributed by atoms with E-state index in [2.05, 4.69) is 24.3 Å². The van der Waals surface area contributed by atoms with E-state index in [4.69, 9.17) is 23.9 Å². The van der Waals surface area contributed by atoms with Crippen molar-refractivity contribution in [2.75, 3.05) is 6.61 Å². The normalized spacial score (nSPS) is 27.7. The highest BCUT2D eigenvalue weighted by Gasteiger charge is 2.50. The monoisotopic (exact) mass is 571 g/mol. The molecule has 8 heteroatoms. The molecule has 2 aliphatic heterocycles. The third-order valence-electron chi connectivity index (χ3n) is 8.27. The molecule has 1 saturated carbocycles. The Morgan fingerprint density at radius 2 is 1.48 bits per heavy atom. The van der Waals surface area contributed by atoms with Crippen LogP contribution in [0.25, 0.3) is 0 Å².